The molecule has 0 heterocycles. The maximum atomic E-state index is 12.5. The first-order valence-electron chi connectivity index (χ1n) is 7.37. The highest BCUT2D eigenvalue weighted by Gasteiger charge is 2.22. The molecular weight excluding hydrogens is 304 g/mol. The van der Waals surface area contributed by atoms with E-state index in [1.807, 2.05) is 20.8 Å². The molecule has 0 fully saturated rings. The van der Waals surface area contributed by atoms with Crippen molar-refractivity contribution < 1.29 is 18.3 Å². The molecule has 1 rings (SSSR count). The summed E-state index contributed by atoms with van der Waals surface area (Å²) in [5.41, 5.74) is 0.356. The maximum Gasteiger partial charge on any atom is 0.335 e. The maximum absolute atomic E-state index is 12.5. The summed E-state index contributed by atoms with van der Waals surface area (Å²) < 4.78 is 27.6. The highest BCUT2D eigenvalue weighted by atomic mass is 32.2. The number of carboxylic acid groups (broad SMARTS) is 1. The average molecular weight is 328 g/mol. The molecule has 1 aromatic carbocycles. The van der Waals surface area contributed by atoms with Crippen molar-refractivity contribution >= 4 is 21.7 Å². The Morgan fingerprint density at radius 1 is 1.18 bits per heavy atom. The Hall–Kier alpha value is -1.60. The van der Waals surface area contributed by atoms with E-state index < -0.39 is 16.0 Å². The molecule has 1 aromatic rings. The number of nitrogens with one attached hydrogen (secondary N) is 2. The molecule has 0 saturated heterocycles. The largest absolute Gasteiger partial charge is 0.478 e. The number of rotatable bonds is 8. The fraction of sp³-hybridized carbons (Fsp3) is 0.533. The monoisotopic (exact) mass is 328 g/mol. The molecule has 0 aromatic heterocycles. The minimum atomic E-state index is -3.79. The molecule has 2 atom stereocenters. The van der Waals surface area contributed by atoms with Gasteiger partial charge in [-0.15, -0.1) is 0 Å². The SMILES string of the molecule is CC[C@@H](C)Nc1ccc(C(=O)O)cc1S(=O)(=O)N[C@@H](C)CC. The van der Waals surface area contributed by atoms with Crippen LogP contribution < -0.4 is 10.0 Å². The van der Waals surface area contributed by atoms with Crippen molar-refractivity contribution in [3.63, 3.8) is 0 Å². The van der Waals surface area contributed by atoms with Gasteiger partial charge in [0.25, 0.3) is 0 Å². The Morgan fingerprint density at radius 2 is 1.77 bits per heavy atom. The quantitative estimate of drug-likeness (QED) is 0.682. The number of benzene rings is 1. The summed E-state index contributed by atoms with van der Waals surface area (Å²) in [6, 6.07) is 3.94. The molecule has 0 radical (unpaired) electrons. The van der Waals surface area contributed by atoms with Crippen molar-refractivity contribution in [2.24, 2.45) is 0 Å². The third kappa shape index (κ3) is 4.71. The van der Waals surface area contributed by atoms with Crippen molar-refractivity contribution in [2.45, 2.75) is 57.5 Å². The summed E-state index contributed by atoms with van der Waals surface area (Å²) >= 11 is 0. The minimum Gasteiger partial charge on any atom is -0.478 e. The lowest BCUT2D eigenvalue weighted by Crippen LogP contribution is -2.33. The highest BCUT2D eigenvalue weighted by molar-refractivity contribution is 7.89. The fourth-order valence-electron chi connectivity index (χ4n) is 1.78. The van der Waals surface area contributed by atoms with Crippen LogP contribution in [0.3, 0.4) is 0 Å². The van der Waals surface area contributed by atoms with E-state index in [2.05, 4.69) is 10.0 Å². The van der Waals surface area contributed by atoms with E-state index in [-0.39, 0.29) is 22.5 Å². The lowest BCUT2D eigenvalue weighted by Gasteiger charge is -2.19. The summed E-state index contributed by atoms with van der Waals surface area (Å²) in [6.45, 7) is 7.55. The molecule has 0 spiro atoms. The number of carbonyl (C=O) groups is 1. The lowest BCUT2D eigenvalue weighted by molar-refractivity contribution is 0.0696. The van der Waals surface area contributed by atoms with E-state index in [1.54, 1.807) is 6.92 Å². The van der Waals surface area contributed by atoms with E-state index in [0.29, 0.717) is 12.1 Å². The topological polar surface area (TPSA) is 95.5 Å². The molecular formula is C15H24N2O4S. The van der Waals surface area contributed by atoms with Crippen LogP contribution in [-0.2, 0) is 10.0 Å². The van der Waals surface area contributed by atoms with E-state index in [1.165, 1.54) is 18.2 Å². The summed E-state index contributed by atoms with van der Waals surface area (Å²) in [5.74, 6) is -1.16. The number of carboxylic acids is 1. The van der Waals surface area contributed by atoms with Crippen LogP contribution in [0.25, 0.3) is 0 Å². The molecule has 0 bridgehead atoms. The Morgan fingerprint density at radius 3 is 2.27 bits per heavy atom. The fourth-order valence-corrected chi connectivity index (χ4v) is 3.30. The van der Waals surface area contributed by atoms with Gasteiger partial charge < -0.3 is 10.4 Å². The summed E-state index contributed by atoms with van der Waals surface area (Å²) in [5, 5.41) is 12.2. The van der Waals surface area contributed by atoms with E-state index >= 15 is 0 Å². The van der Waals surface area contributed by atoms with Crippen LogP contribution in [0, 0.1) is 0 Å². The lowest BCUT2D eigenvalue weighted by atomic mass is 10.2. The number of sulfonamides is 1. The molecule has 7 heteroatoms. The third-order valence-electron chi connectivity index (χ3n) is 3.50. The molecule has 0 saturated carbocycles. The van der Waals surface area contributed by atoms with Crippen LogP contribution >= 0.6 is 0 Å². The Balaban J connectivity index is 3.33. The smallest absolute Gasteiger partial charge is 0.335 e. The van der Waals surface area contributed by atoms with Crippen molar-refractivity contribution in [3.05, 3.63) is 23.8 Å². The Bertz CT molecular complexity index is 628. The number of anilines is 1. The molecule has 6 nitrogen and oxygen atoms in total. The summed E-state index contributed by atoms with van der Waals surface area (Å²) in [6.07, 6.45) is 1.46. The first-order valence-corrected chi connectivity index (χ1v) is 8.85. The van der Waals surface area contributed by atoms with E-state index in [0.717, 1.165) is 6.42 Å². The summed E-state index contributed by atoms with van der Waals surface area (Å²) in [4.78, 5) is 11.1. The molecule has 0 amide bonds. The van der Waals surface area contributed by atoms with Crippen LogP contribution in [0.4, 0.5) is 5.69 Å². The molecule has 0 unspecified atom stereocenters. The van der Waals surface area contributed by atoms with Gasteiger partial charge in [-0.1, -0.05) is 13.8 Å². The van der Waals surface area contributed by atoms with Gasteiger partial charge in [0.1, 0.15) is 4.90 Å². The normalized spacial score (nSPS) is 14.4. The Kier molecular flexibility index (Phi) is 6.37. The van der Waals surface area contributed by atoms with Crippen LogP contribution in [-0.4, -0.2) is 31.6 Å². The first-order chi connectivity index (χ1) is 10.2. The predicted molar refractivity (Wildman–Crippen MR) is 86.9 cm³/mol. The zero-order chi connectivity index (χ0) is 16.9. The van der Waals surface area contributed by atoms with Gasteiger partial charge in [0.05, 0.1) is 11.3 Å². The standard InChI is InChI=1S/C15H24N2O4S/c1-5-10(3)16-13-8-7-12(15(18)19)9-14(13)22(20,21)17-11(4)6-2/h7-11,16-17H,5-6H2,1-4H3,(H,18,19)/t10-,11+/m1/s1. The van der Waals surface area contributed by atoms with Crippen LogP contribution in [0.1, 0.15) is 50.9 Å². The van der Waals surface area contributed by atoms with Crippen molar-refractivity contribution in [1.29, 1.82) is 0 Å². The van der Waals surface area contributed by atoms with Crippen molar-refractivity contribution in [1.82, 2.24) is 4.72 Å². The van der Waals surface area contributed by atoms with Gasteiger partial charge in [0.15, 0.2) is 0 Å². The number of hydrogen-bond acceptors (Lipinski definition) is 4. The van der Waals surface area contributed by atoms with Gasteiger partial charge in [-0.25, -0.2) is 17.9 Å². The minimum absolute atomic E-state index is 0.0343. The first kappa shape index (κ1) is 18.4. The van der Waals surface area contributed by atoms with Crippen molar-refractivity contribution in [3.8, 4) is 0 Å². The predicted octanol–water partition coefficient (Wildman–Crippen LogP) is 2.67. The van der Waals surface area contributed by atoms with Crippen LogP contribution in [0.5, 0.6) is 0 Å². The number of aromatic carboxylic acids is 1. The molecule has 124 valence electrons. The second-order valence-corrected chi connectivity index (χ2v) is 7.08. The average Bonchev–Trinajstić information content (AvgIpc) is 2.46. The van der Waals surface area contributed by atoms with Crippen LogP contribution in [0.2, 0.25) is 0 Å². The van der Waals surface area contributed by atoms with Gasteiger partial charge in [-0.2, -0.15) is 0 Å². The third-order valence-corrected chi connectivity index (χ3v) is 5.13. The Labute approximate surface area is 132 Å². The van der Waals surface area contributed by atoms with Gasteiger partial charge in [-0.05, 0) is 44.9 Å². The van der Waals surface area contributed by atoms with Crippen molar-refractivity contribution in [2.75, 3.05) is 5.32 Å². The molecule has 0 aliphatic rings. The van der Waals surface area contributed by atoms with E-state index in [4.69, 9.17) is 5.11 Å². The van der Waals surface area contributed by atoms with Gasteiger partial charge in [-0.3, -0.25) is 0 Å². The molecule has 0 aliphatic heterocycles. The second-order valence-electron chi connectivity index (χ2n) is 5.40. The molecule has 22 heavy (non-hydrogen) atoms. The van der Waals surface area contributed by atoms with Gasteiger partial charge in [0, 0.05) is 12.1 Å². The van der Waals surface area contributed by atoms with Crippen LogP contribution in [0.15, 0.2) is 23.1 Å². The van der Waals surface area contributed by atoms with E-state index in [9.17, 15) is 13.2 Å². The zero-order valence-corrected chi connectivity index (χ0v) is 14.2. The zero-order valence-electron chi connectivity index (χ0n) is 13.4. The number of hydrogen-bond donors (Lipinski definition) is 3. The highest BCUT2D eigenvalue weighted by Crippen LogP contribution is 2.24. The molecule has 0 aliphatic carbocycles. The molecule has 3 N–H and O–H groups in total. The van der Waals surface area contributed by atoms with Gasteiger partial charge in [0.2, 0.25) is 10.0 Å². The second kappa shape index (κ2) is 7.60. The van der Waals surface area contributed by atoms with Gasteiger partial charge >= 0.3 is 5.97 Å². The summed E-state index contributed by atoms with van der Waals surface area (Å²) in [7, 11) is -3.79.